The second kappa shape index (κ2) is 3.94. The van der Waals surface area contributed by atoms with Crippen LogP contribution in [0.25, 0.3) is 0 Å². The first-order valence-electron chi connectivity index (χ1n) is 3.70. The lowest BCUT2D eigenvalue weighted by atomic mass is 10.3. The monoisotopic (exact) mass is 268 g/mol. The molecular weight excluding hydrogens is 262 g/mol. The Labute approximate surface area is 91.2 Å². The first kappa shape index (κ1) is 12.8. The summed E-state index contributed by atoms with van der Waals surface area (Å²) in [6.45, 7) is 0. The topological polar surface area (TPSA) is 126 Å². The maximum absolute atomic E-state index is 10.8. The molecule has 88 valence electrons. The summed E-state index contributed by atoms with van der Waals surface area (Å²) in [4.78, 5) is 8.84. The predicted molar refractivity (Wildman–Crippen MR) is 51.5 cm³/mol. The molecule has 0 aliphatic rings. The minimum atomic E-state index is -4.74. The van der Waals surface area contributed by atoms with Gasteiger partial charge in [-0.2, -0.15) is 16.8 Å². The molecule has 0 unspecified atom stereocenters. The number of rotatable bonds is 3. The van der Waals surface area contributed by atoms with Gasteiger partial charge in [-0.3, -0.25) is 13.9 Å². The molecule has 1 rings (SSSR count). The van der Waals surface area contributed by atoms with Crippen molar-refractivity contribution in [1.82, 2.24) is 0 Å². The second-order valence-corrected chi connectivity index (χ2v) is 5.58. The number of carbonyl (C=O) groups is 1. The van der Waals surface area contributed by atoms with Crippen LogP contribution in [0.2, 0.25) is 0 Å². The highest BCUT2D eigenvalue weighted by molar-refractivity contribution is 7.86. The summed E-state index contributed by atoms with van der Waals surface area (Å²) in [7, 11) is -9.34. The minimum absolute atomic E-state index is 0.136. The van der Waals surface area contributed by atoms with Crippen LogP contribution < -0.4 is 0 Å². The van der Waals surface area contributed by atoms with Gasteiger partial charge < -0.3 is 0 Å². The predicted octanol–water partition coefficient (Wildman–Crippen LogP) is -0.00750. The van der Waals surface area contributed by atoms with E-state index in [9.17, 15) is 21.6 Å². The molecule has 0 aromatic heterocycles. The van der Waals surface area contributed by atoms with Crippen molar-refractivity contribution in [2.45, 2.75) is 9.79 Å². The third-order valence-electron chi connectivity index (χ3n) is 1.69. The van der Waals surface area contributed by atoms with Gasteiger partial charge in [0.1, 0.15) is 4.90 Å². The third-order valence-corrected chi connectivity index (χ3v) is 3.45. The van der Waals surface area contributed by atoms with Crippen LogP contribution in [0.4, 0.5) is 0 Å². The summed E-state index contributed by atoms with van der Waals surface area (Å²) < 4.78 is 60.4. The Hall–Kier alpha value is -1.29. The van der Waals surface area contributed by atoms with Crippen molar-refractivity contribution in [2.75, 3.05) is 0 Å². The van der Waals surface area contributed by atoms with Crippen LogP contribution in [0.3, 0.4) is 0 Å². The molecule has 0 fully saturated rings. The second-order valence-electron chi connectivity index (χ2n) is 2.77. The summed E-state index contributed by atoms with van der Waals surface area (Å²) in [6, 6.07) is 2.20. The van der Waals surface area contributed by atoms with E-state index in [1.807, 2.05) is 0 Å². The fourth-order valence-corrected chi connectivity index (χ4v) is 2.27. The quantitative estimate of drug-likeness (QED) is 0.583. The van der Waals surface area contributed by atoms with Crippen molar-refractivity contribution in [3.05, 3.63) is 23.8 Å². The van der Waals surface area contributed by atoms with Crippen molar-refractivity contribution in [1.29, 1.82) is 0 Å². The first-order chi connectivity index (χ1) is 7.16. The van der Waals surface area contributed by atoms with Crippen LogP contribution in [0.5, 0.6) is 0 Å². The van der Waals surface area contributed by atoms with Crippen molar-refractivity contribution >= 4 is 26.5 Å². The molecule has 0 aliphatic heterocycles. The van der Waals surface area contributed by atoms with Gasteiger partial charge in [0.2, 0.25) is 0 Å². The van der Waals surface area contributed by atoms with Crippen LogP contribution in [0, 0.1) is 0 Å². The molecule has 1 aromatic carbocycles. The van der Waals surface area contributed by atoms with Crippen molar-refractivity contribution < 1.29 is 30.7 Å². The lowest BCUT2D eigenvalue weighted by molar-refractivity contribution is 0.112. The Morgan fingerprint density at radius 1 is 1.00 bits per heavy atom. The molecule has 7 nitrogen and oxygen atoms in total. The van der Waals surface area contributed by atoms with Gasteiger partial charge in [0.05, 0.1) is 4.90 Å². The van der Waals surface area contributed by atoms with Gasteiger partial charge in [-0.25, -0.2) is 0 Å². The van der Waals surface area contributed by atoms with E-state index in [2.05, 4.69) is 0 Å². The number of hydrogen-bond acceptors (Lipinski definition) is 5. The molecule has 0 saturated carbocycles. The Morgan fingerprint density at radius 2 is 1.56 bits per heavy atom. The minimum Gasteiger partial charge on any atom is -0.298 e. The highest BCUT2D eigenvalue weighted by atomic mass is 32.2. The number of benzene rings is 1. The number of hydrogen-bond donors (Lipinski definition) is 2. The summed E-state index contributed by atoms with van der Waals surface area (Å²) in [5.74, 6) is 0. The first-order valence-corrected chi connectivity index (χ1v) is 6.58. The molecule has 0 bridgehead atoms. The van der Waals surface area contributed by atoms with Crippen LogP contribution in [0.15, 0.2) is 28.0 Å². The number of aldehydes is 1. The van der Waals surface area contributed by atoms with Gasteiger partial charge in [0.15, 0.2) is 6.29 Å². The molecule has 0 heterocycles. The zero-order valence-corrected chi connectivity index (χ0v) is 9.19. The van der Waals surface area contributed by atoms with Gasteiger partial charge in [-0.1, -0.05) is 0 Å². The molecule has 16 heavy (non-hydrogen) atoms. The third kappa shape index (κ3) is 2.64. The van der Waals surface area contributed by atoms with E-state index < -0.39 is 35.6 Å². The Morgan fingerprint density at radius 3 is 1.94 bits per heavy atom. The average Bonchev–Trinajstić information content (AvgIpc) is 2.14. The molecule has 0 saturated heterocycles. The van der Waals surface area contributed by atoms with Crippen LogP contribution in [0.1, 0.15) is 10.4 Å². The molecule has 1 aromatic rings. The molecule has 0 radical (unpaired) electrons. The maximum Gasteiger partial charge on any atom is 0.295 e. The van der Waals surface area contributed by atoms with Crippen molar-refractivity contribution in [2.24, 2.45) is 0 Å². The Balaban J connectivity index is 3.65. The lowest BCUT2D eigenvalue weighted by Gasteiger charge is -2.03. The van der Waals surface area contributed by atoms with Crippen LogP contribution in [-0.4, -0.2) is 32.2 Å². The average molecular weight is 268 g/mol. The molecule has 0 atom stereocenters. The zero-order chi connectivity index (χ0) is 12.6. The Bertz CT molecular complexity index is 627. The van der Waals surface area contributed by atoms with Crippen molar-refractivity contribution in [3.63, 3.8) is 0 Å². The summed E-state index contributed by atoms with van der Waals surface area (Å²) in [5.41, 5.74) is -0.407. The molecule has 9 heteroatoms. The standard InChI is InChI=1S/C7H6O7S2/c8-4-5-1-2-6(15(9,10)11)3-7(5)16(12,13)14/h1-4H,(H,9,10,11)(H,12,13,14)/i4+2. The van der Waals surface area contributed by atoms with E-state index in [0.717, 1.165) is 12.1 Å². The summed E-state index contributed by atoms with van der Waals surface area (Å²) in [5, 5.41) is 0. The fraction of sp³-hybridized carbons (Fsp3) is 0. The molecule has 0 aliphatic carbocycles. The van der Waals surface area contributed by atoms with E-state index in [1.54, 1.807) is 0 Å². The SMILES string of the molecule is O=[14CH]c1ccc(S(=O)(=O)O)cc1S(=O)(=O)O. The van der Waals surface area contributed by atoms with Crippen molar-refractivity contribution in [3.8, 4) is 0 Å². The van der Waals surface area contributed by atoms with Crippen LogP contribution in [-0.2, 0) is 20.2 Å². The summed E-state index contributed by atoms with van der Waals surface area (Å²) in [6.07, 6.45) is 0.136. The molecular formula is C7H6O7S2. The smallest absolute Gasteiger partial charge is 0.295 e. The number of carbonyl (C=O) groups excluding carboxylic acids is 1. The highest BCUT2D eigenvalue weighted by Crippen LogP contribution is 2.19. The van der Waals surface area contributed by atoms with E-state index >= 15 is 0 Å². The lowest BCUT2D eigenvalue weighted by Crippen LogP contribution is -2.06. The largest absolute Gasteiger partial charge is 0.298 e. The maximum atomic E-state index is 10.8. The van der Waals surface area contributed by atoms with E-state index in [4.69, 9.17) is 9.11 Å². The van der Waals surface area contributed by atoms with Gasteiger partial charge >= 0.3 is 0 Å². The van der Waals surface area contributed by atoms with Gasteiger partial charge in [-0.05, 0) is 18.2 Å². The van der Waals surface area contributed by atoms with Crippen LogP contribution >= 0.6 is 0 Å². The summed E-state index contributed by atoms with van der Waals surface area (Å²) >= 11 is 0. The van der Waals surface area contributed by atoms with E-state index in [-0.39, 0.29) is 6.29 Å². The highest BCUT2D eigenvalue weighted by Gasteiger charge is 2.19. The zero-order valence-electron chi connectivity index (χ0n) is 7.56. The van der Waals surface area contributed by atoms with E-state index in [1.165, 1.54) is 0 Å². The molecule has 0 amide bonds. The van der Waals surface area contributed by atoms with E-state index in [0.29, 0.717) is 6.07 Å². The Kier molecular flexibility index (Phi) is 3.15. The normalized spacial score (nSPS) is 12.4. The molecule has 2 N–H and O–H groups in total. The van der Waals surface area contributed by atoms with Gasteiger partial charge in [0.25, 0.3) is 20.2 Å². The van der Waals surface area contributed by atoms with Gasteiger partial charge in [-0.15, -0.1) is 0 Å². The fourth-order valence-electron chi connectivity index (χ4n) is 0.996. The van der Waals surface area contributed by atoms with Gasteiger partial charge in [0, 0.05) is 5.56 Å². The molecule has 0 spiro atoms.